The van der Waals surface area contributed by atoms with E-state index in [0.717, 1.165) is 28.7 Å². The maximum atomic E-state index is 13.8. The molecule has 3 aromatic heterocycles. The van der Waals surface area contributed by atoms with Crippen LogP contribution in [0.15, 0.2) is 46.8 Å². The van der Waals surface area contributed by atoms with Crippen molar-refractivity contribution in [3.05, 3.63) is 58.2 Å². The van der Waals surface area contributed by atoms with E-state index in [1.165, 1.54) is 0 Å². The Bertz CT molecular complexity index is 1770. The molecular formula is C23H16ClF6N5O5S2. The topological polar surface area (TPSA) is 126 Å². The van der Waals surface area contributed by atoms with E-state index in [1.54, 1.807) is 0 Å². The van der Waals surface area contributed by atoms with E-state index in [0.29, 0.717) is 34.1 Å². The van der Waals surface area contributed by atoms with Crippen molar-refractivity contribution in [3.63, 3.8) is 0 Å². The number of ether oxygens (including phenoxy) is 1. The highest BCUT2D eigenvalue weighted by Gasteiger charge is 2.37. The van der Waals surface area contributed by atoms with Gasteiger partial charge in [-0.15, -0.1) is 11.3 Å². The lowest BCUT2D eigenvalue weighted by Gasteiger charge is -2.13. The van der Waals surface area contributed by atoms with Crippen LogP contribution in [-0.4, -0.2) is 57.7 Å². The van der Waals surface area contributed by atoms with Gasteiger partial charge in [-0.1, -0.05) is 23.7 Å². The molecular weight excluding hydrogens is 640 g/mol. The number of anilines is 1. The zero-order chi connectivity index (χ0) is 30.6. The number of β-amino-alcohol motifs (C(OH)–C–C–N with tert-alkyl or cyclic N) is 1. The number of halogens is 7. The molecule has 1 unspecified atom stereocenters. The van der Waals surface area contributed by atoms with E-state index in [9.17, 15) is 44.7 Å². The van der Waals surface area contributed by atoms with Gasteiger partial charge in [0.15, 0.2) is 17.1 Å². The molecule has 224 valence electrons. The molecule has 1 aliphatic heterocycles. The molecule has 1 amide bonds. The van der Waals surface area contributed by atoms with Crippen LogP contribution >= 0.6 is 22.9 Å². The van der Waals surface area contributed by atoms with Crippen LogP contribution < -0.4 is 10.1 Å². The van der Waals surface area contributed by atoms with Gasteiger partial charge in [-0.3, -0.25) is 5.32 Å². The Labute approximate surface area is 241 Å². The second-order valence-electron chi connectivity index (χ2n) is 8.92. The monoisotopic (exact) mass is 655 g/mol. The van der Waals surface area contributed by atoms with Gasteiger partial charge in [-0.2, -0.15) is 35.7 Å². The molecule has 0 aliphatic carbocycles. The lowest BCUT2D eigenvalue weighted by Crippen LogP contribution is -2.29. The van der Waals surface area contributed by atoms with Gasteiger partial charge in [0.1, 0.15) is 8.55 Å². The van der Waals surface area contributed by atoms with Crippen molar-refractivity contribution < 1.29 is 49.4 Å². The molecule has 0 spiro atoms. The number of benzene rings is 1. The lowest BCUT2D eigenvalue weighted by atomic mass is 10.1. The quantitative estimate of drug-likeness (QED) is 0.272. The standard InChI is InChI=1S/C23H16ClF6N5O5S2/c24-19-15(8-18(41-19)42(38,39)34-6-5-13(36)10-34)33-21(37)40-16-9-31-35-17(23(28,29)30)7-14(32-20(16)35)11-1-3-12(4-2-11)22(25,26)27/h1-4,7-9,13,36H,5-6,10H2,(H,33,37). The fraction of sp³-hybridized carbons (Fsp3) is 0.261. The van der Waals surface area contributed by atoms with Crippen molar-refractivity contribution in [2.24, 2.45) is 0 Å². The molecule has 1 fully saturated rings. The van der Waals surface area contributed by atoms with Crippen LogP contribution in [-0.2, 0) is 22.4 Å². The number of hydrogen-bond acceptors (Lipinski definition) is 8. The lowest BCUT2D eigenvalue weighted by molar-refractivity contribution is -0.142. The molecule has 4 heterocycles. The number of amides is 1. The Hall–Kier alpha value is -3.45. The molecule has 2 N–H and O–H groups in total. The van der Waals surface area contributed by atoms with E-state index in [2.05, 4.69) is 15.4 Å². The summed E-state index contributed by atoms with van der Waals surface area (Å²) < 4.78 is 112. The Morgan fingerprint density at radius 2 is 1.81 bits per heavy atom. The van der Waals surface area contributed by atoms with Crippen molar-refractivity contribution in [1.29, 1.82) is 0 Å². The summed E-state index contributed by atoms with van der Waals surface area (Å²) in [5.41, 5.74) is -3.58. The van der Waals surface area contributed by atoms with E-state index in [4.69, 9.17) is 16.3 Å². The SMILES string of the molecule is O=C(Nc1cc(S(=O)(=O)N2CCC(O)C2)sc1Cl)Oc1cnn2c(C(F)(F)F)cc(-c3ccc(C(F)(F)F)cc3)nc12. The molecule has 1 aliphatic rings. The third kappa shape index (κ3) is 5.89. The largest absolute Gasteiger partial charge is 0.433 e. The second kappa shape index (κ2) is 10.7. The molecule has 19 heteroatoms. The number of aliphatic hydroxyl groups is 1. The van der Waals surface area contributed by atoms with Gasteiger partial charge in [0.25, 0.3) is 10.0 Å². The van der Waals surface area contributed by atoms with Gasteiger partial charge in [0, 0.05) is 18.7 Å². The first-order chi connectivity index (χ1) is 19.5. The summed E-state index contributed by atoms with van der Waals surface area (Å²) in [6, 6.07) is 4.89. The predicted octanol–water partition coefficient (Wildman–Crippen LogP) is 5.52. The number of carbonyl (C=O) groups is 1. The van der Waals surface area contributed by atoms with Gasteiger partial charge in [-0.05, 0) is 30.7 Å². The summed E-state index contributed by atoms with van der Waals surface area (Å²) in [7, 11) is -4.03. The van der Waals surface area contributed by atoms with Crippen LogP contribution in [0, 0.1) is 0 Å². The van der Waals surface area contributed by atoms with Crippen LogP contribution in [0.2, 0.25) is 4.34 Å². The maximum absolute atomic E-state index is 13.8. The first-order valence-corrected chi connectivity index (χ1v) is 14.3. The molecule has 42 heavy (non-hydrogen) atoms. The summed E-state index contributed by atoms with van der Waals surface area (Å²) in [5, 5.41) is 15.4. The van der Waals surface area contributed by atoms with E-state index in [-0.39, 0.29) is 45.0 Å². The van der Waals surface area contributed by atoms with Crippen molar-refractivity contribution in [3.8, 4) is 17.0 Å². The number of nitrogens with one attached hydrogen (secondary N) is 1. The summed E-state index contributed by atoms with van der Waals surface area (Å²) in [5.74, 6) is -0.544. The molecule has 1 atom stereocenters. The van der Waals surface area contributed by atoms with Crippen LogP contribution in [0.3, 0.4) is 0 Å². The number of carbonyl (C=O) groups excluding carboxylic acids is 1. The third-order valence-corrected chi connectivity index (χ3v) is 9.73. The first kappa shape index (κ1) is 30.0. The number of rotatable bonds is 5. The van der Waals surface area contributed by atoms with Gasteiger partial charge < -0.3 is 9.84 Å². The zero-order valence-electron chi connectivity index (χ0n) is 20.6. The van der Waals surface area contributed by atoms with Crippen LogP contribution in [0.1, 0.15) is 17.7 Å². The highest BCUT2D eigenvalue weighted by Crippen LogP contribution is 2.38. The average molecular weight is 656 g/mol. The first-order valence-electron chi connectivity index (χ1n) is 11.6. The van der Waals surface area contributed by atoms with E-state index >= 15 is 0 Å². The number of aliphatic hydroxyl groups excluding tert-OH is 1. The van der Waals surface area contributed by atoms with Crippen molar-refractivity contribution >= 4 is 50.4 Å². The molecule has 0 bridgehead atoms. The second-order valence-corrected chi connectivity index (χ2v) is 12.7. The minimum absolute atomic E-state index is 0.0833. The minimum atomic E-state index is -4.98. The Morgan fingerprint density at radius 1 is 1.12 bits per heavy atom. The van der Waals surface area contributed by atoms with Gasteiger partial charge >= 0.3 is 18.4 Å². The Morgan fingerprint density at radius 3 is 2.40 bits per heavy atom. The van der Waals surface area contributed by atoms with Crippen molar-refractivity contribution in [1.82, 2.24) is 18.9 Å². The Balaban J connectivity index is 1.43. The molecule has 0 radical (unpaired) electrons. The van der Waals surface area contributed by atoms with Crippen LogP contribution in [0.5, 0.6) is 5.75 Å². The van der Waals surface area contributed by atoms with Gasteiger partial charge in [0.2, 0.25) is 0 Å². The number of alkyl halides is 6. The molecule has 10 nitrogen and oxygen atoms in total. The highest BCUT2D eigenvalue weighted by atomic mass is 35.5. The zero-order valence-corrected chi connectivity index (χ0v) is 23.0. The minimum Gasteiger partial charge on any atom is -0.404 e. The van der Waals surface area contributed by atoms with Gasteiger partial charge in [-0.25, -0.2) is 22.7 Å². The fourth-order valence-electron chi connectivity index (χ4n) is 4.05. The number of hydrogen-bond donors (Lipinski definition) is 2. The smallest absolute Gasteiger partial charge is 0.404 e. The van der Waals surface area contributed by atoms with E-state index in [1.807, 2.05) is 0 Å². The molecule has 1 saturated heterocycles. The van der Waals surface area contributed by atoms with Crippen LogP contribution in [0.25, 0.3) is 16.9 Å². The number of nitrogens with zero attached hydrogens (tertiary/aromatic N) is 4. The number of thiophene rings is 1. The summed E-state index contributed by atoms with van der Waals surface area (Å²) in [6.45, 7) is -0.0291. The average Bonchev–Trinajstić information content (AvgIpc) is 3.62. The maximum Gasteiger partial charge on any atom is 0.433 e. The Kier molecular flexibility index (Phi) is 7.63. The fourth-order valence-corrected chi connectivity index (χ4v) is 7.33. The highest BCUT2D eigenvalue weighted by molar-refractivity contribution is 7.91. The molecule has 1 aromatic carbocycles. The predicted molar refractivity (Wildman–Crippen MR) is 137 cm³/mol. The number of fused-ring (bicyclic) bond motifs is 1. The van der Waals surface area contributed by atoms with Crippen LogP contribution in [0.4, 0.5) is 36.8 Å². The number of aromatic nitrogens is 3. The third-order valence-electron chi connectivity index (χ3n) is 6.06. The normalized spacial score (nSPS) is 16.7. The van der Waals surface area contributed by atoms with Gasteiger partial charge in [0.05, 0.1) is 29.2 Å². The molecule has 4 aromatic rings. The van der Waals surface area contributed by atoms with E-state index < -0.39 is 57.2 Å². The molecule has 5 rings (SSSR count). The number of sulfonamides is 1. The summed E-state index contributed by atoms with van der Waals surface area (Å²) >= 11 is 6.73. The summed E-state index contributed by atoms with van der Waals surface area (Å²) in [4.78, 5) is 16.6. The molecule has 0 saturated carbocycles. The van der Waals surface area contributed by atoms with Crippen molar-refractivity contribution in [2.75, 3.05) is 18.4 Å². The summed E-state index contributed by atoms with van der Waals surface area (Å²) in [6.07, 6.45) is -10.7. The van der Waals surface area contributed by atoms with Crippen molar-refractivity contribution in [2.45, 2.75) is 29.1 Å².